The normalized spacial score (nSPS) is 11.0. The highest BCUT2D eigenvalue weighted by Gasteiger charge is 2.15. The minimum atomic E-state index is -0.945. The van der Waals surface area contributed by atoms with Crippen molar-refractivity contribution in [1.82, 2.24) is 4.98 Å². The lowest BCUT2D eigenvalue weighted by atomic mass is 10.2. The van der Waals surface area contributed by atoms with E-state index in [0.29, 0.717) is 5.52 Å². The first-order valence-corrected chi connectivity index (χ1v) is 5.01. The Hall–Kier alpha value is -2.97. The Labute approximate surface area is 105 Å². The molecule has 2 aromatic rings. The van der Waals surface area contributed by atoms with Crippen molar-refractivity contribution in [1.29, 1.82) is 0 Å². The molecule has 0 spiro atoms. The van der Waals surface area contributed by atoms with Crippen molar-refractivity contribution < 1.29 is 19.6 Å². The van der Waals surface area contributed by atoms with Crippen molar-refractivity contribution in [2.75, 3.05) is 7.11 Å². The zero-order chi connectivity index (χ0) is 14.0. The van der Waals surface area contributed by atoms with Crippen LogP contribution in [0.4, 0.5) is 16.2 Å². The number of amides is 1. The van der Waals surface area contributed by atoms with Gasteiger partial charge in [-0.25, -0.2) is 4.79 Å². The van der Waals surface area contributed by atoms with Gasteiger partial charge in [0, 0.05) is 17.5 Å². The van der Waals surface area contributed by atoms with Crippen LogP contribution in [0.2, 0.25) is 0 Å². The van der Waals surface area contributed by atoms with Gasteiger partial charge in [-0.3, -0.25) is 10.1 Å². The van der Waals surface area contributed by atoms with Crippen LogP contribution in [0.15, 0.2) is 28.4 Å². The molecule has 0 unspecified atom stereocenters. The van der Waals surface area contributed by atoms with Crippen LogP contribution >= 0.6 is 0 Å². The average molecular weight is 264 g/mol. The van der Waals surface area contributed by atoms with E-state index in [9.17, 15) is 20.0 Å². The second-order valence-corrected chi connectivity index (χ2v) is 3.48. The fraction of sp³-hybridized carbons (Fsp3) is 0.100. The molecule has 1 amide bonds. The molecule has 2 N–H and O–H groups in total. The number of azo groups is 1. The molecule has 9 heteroatoms. The van der Waals surface area contributed by atoms with Crippen molar-refractivity contribution in [3.05, 3.63) is 28.3 Å². The molecule has 0 bridgehead atoms. The highest BCUT2D eigenvalue weighted by Crippen LogP contribution is 2.37. The summed E-state index contributed by atoms with van der Waals surface area (Å²) in [6.45, 7) is 0. The van der Waals surface area contributed by atoms with Gasteiger partial charge >= 0.3 is 6.09 Å². The SMILES string of the molecule is COC(=O)N=Nc1c(O)[nH]c2ccc([N+](=O)[O-])cc12. The number of non-ortho nitro benzene ring substituents is 1. The van der Waals surface area contributed by atoms with Crippen LogP contribution in [0, 0.1) is 10.1 Å². The van der Waals surface area contributed by atoms with Crippen LogP contribution in [0.1, 0.15) is 0 Å². The van der Waals surface area contributed by atoms with Crippen molar-refractivity contribution in [2.24, 2.45) is 10.2 Å². The summed E-state index contributed by atoms with van der Waals surface area (Å²) < 4.78 is 4.26. The number of nitrogens with zero attached hydrogens (tertiary/aromatic N) is 3. The Balaban J connectivity index is 2.55. The monoisotopic (exact) mass is 264 g/mol. The number of ether oxygens (including phenoxy) is 1. The van der Waals surface area contributed by atoms with E-state index in [1.54, 1.807) is 0 Å². The first-order valence-electron chi connectivity index (χ1n) is 5.01. The molecule has 1 aromatic carbocycles. The molecule has 0 aliphatic rings. The zero-order valence-corrected chi connectivity index (χ0v) is 9.65. The van der Waals surface area contributed by atoms with Gasteiger partial charge in [-0.2, -0.15) is 0 Å². The van der Waals surface area contributed by atoms with Crippen LogP contribution < -0.4 is 0 Å². The molecule has 0 aliphatic heterocycles. The summed E-state index contributed by atoms with van der Waals surface area (Å²) in [5.74, 6) is -0.344. The van der Waals surface area contributed by atoms with E-state index in [-0.39, 0.29) is 22.6 Å². The molecule has 1 aromatic heterocycles. The second kappa shape index (κ2) is 4.72. The van der Waals surface area contributed by atoms with E-state index in [1.807, 2.05) is 0 Å². The van der Waals surface area contributed by atoms with Crippen LogP contribution in [0.3, 0.4) is 0 Å². The van der Waals surface area contributed by atoms with Gasteiger partial charge in [0.25, 0.3) is 5.69 Å². The lowest BCUT2D eigenvalue weighted by Crippen LogP contribution is -1.89. The predicted molar refractivity (Wildman–Crippen MR) is 63.5 cm³/mol. The van der Waals surface area contributed by atoms with Crippen molar-refractivity contribution in [3.8, 4) is 5.88 Å². The third kappa shape index (κ3) is 2.34. The number of aromatic nitrogens is 1. The fourth-order valence-corrected chi connectivity index (χ4v) is 1.50. The minimum absolute atomic E-state index is 0.0656. The summed E-state index contributed by atoms with van der Waals surface area (Å²) >= 11 is 0. The highest BCUT2D eigenvalue weighted by molar-refractivity contribution is 5.95. The molecular formula is C10H8N4O5. The third-order valence-corrected chi connectivity index (χ3v) is 2.35. The van der Waals surface area contributed by atoms with E-state index in [2.05, 4.69) is 19.9 Å². The Morgan fingerprint density at radius 2 is 2.26 bits per heavy atom. The molecule has 9 nitrogen and oxygen atoms in total. The molecular weight excluding hydrogens is 256 g/mol. The van der Waals surface area contributed by atoms with Gasteiger partial charge < -0.3 is 14.8 Å². The van der Waals surface area contributed by atoms with Gasteiger partial charge in [-0.1, -0.05) is 5.11 Å². The third-order valence-electron chi connectivity index (χ3n) is 2.35. The summed E-state index contributed by atoms with van der Waals surface area (Å²) in [5.41, 5.74) is 0.201. The number of aromatic amines is 1. The fourth-order valence-electron chi connectivity index (χ4n) is 1.50. The van der Waals surface area contributed by atoms with Crippen LogP contribution in [-0.4, -0.2) is 28.2 Å². The topological polar surface area (TPSA) is 130 Å². The van der Waals surface area contributed by atoms with E-state index < -0.39 is 11.0 Å². The molecule has 0 saturated carbocycles. The van der Waals surface area contributed by atoms with Gasteiger partial charge in [0.05, 0.1) is 17.5 Å². The smallest absolute Gasteiger partial charge is 0.452 e. The van der Waals surface area contributed by atoms with Crippen molar-refractivity contribution in [3.63, 3.8) is 0 Å². The summed E-state index contributed by atoms with van der Waals surface area (Å²) in [4.78, 5) is 23.5. The Bertz CT molecular complexity index is 691. The number of H-pyrrole nitrogens is 1. The van der Waals surface area contributed by atoms with Crippen LogP contribution in [-0.2, 0) is 4.74 Å². The number of nitrogens with one attached hydrogen (secondary N) is 1. The van der Waals surface area contributed by atoms with Crippen molar-refractivity contribution >= 4 is 28.4 Å². The van der Waals surface area contributed by atoms with E-state index in [4.69, 9.17) is 0 Å². The molecule has 0 fully saturated rings. The van der Waals surface area contributed by atoms with E-state index in [1.165, 1.54) is 18.2 Å². The number of aromatic hydroxyl groups is 1. The standard InChI is InChI=1S/C10H8N4O5/c1-19-10(16)13-12-8-6-4-5(14(17)18)2-3-7(6)11-9(8)15/h2-4,11,15H,1H3. The maximum Gasteiger partial charge on any atom is 0.452 e. The number of fused-ring (bicyclic) bond motifs is 1. The molecule has 98 valence electrons. The predicted octanol–water partition coefficient (Wildman–Crippen LogP) is 2.63. The zero-order valence-electron chi connectivity index (χ0n) is 9.65. The first-order chi connectivity index (χ1) is 9.02. The van der Waals surface area contributed by atoms with E-state index >= 15 is 0 Å². The summed E-state index contributed by atoms with van der Waals surface area (Å²) in [6, 6.07) is 3.92. The van der Waals surface area contributed by atoms with Gasteiger partial charge in [-0.05, 0) is 6.07 Å². The number of carbonyl (C=O) groups excluding carboxylic acids is 1. The quantitative estimate of drug-likeness (QED) is 0.489. The lowest BCUT2D eigenvalue weighted by Gasteiger charge is -1.93. The van der Waals surface area contributed by atoms with Crippen molar-refractivity contribution in [2.45, 2.75) is 0 Å². The number of methoxy groups -OCH3 is 1. The first kappa shape index (κ1) is 12.5. The van der Waals surface area contributed by atoms with Gasteiger partial charge in [0.2, 0.25) is 5.88 Å². The van der Waals surface area contributed by atoms with Gasteiger partial charge in [-0.15, -0.1) is 5.11 Å². The summed E-state index contributed by atoms with van der Waals surface area (Å²) in [6.07, 6.45) is -0.945. The molecule has 1 heterocycles. The highest BCUT2D eigenvalue weighted by atomic mass is 16.6. The number of nitro benzene ring substituents is 1. The molecule has 0 aliphatic carbocycles. The summed E-state index contributed by atoms with van der Waals surface area (Å²) in [7, 11) is 1.13. The number of rotatable bonds is 2. The number of hydrogen-bond donors (Lipinski definition) is 2. The Morgan fingerprint density at radius 1 is 1.53 bits per heavy atom. The van der Waals surface area contributed by atoms with Crippen LogP contribution in [0.25, 0.3) is 10.9 Å². The molecule has 0 saturated heterocycles. The summed E-state index contributed by atoms with van der Waals surface area (Å²) in [5, 5.41) is 27.3. The number of hydrogen-bond acceptors (Lipinski definition) is 6. The number of carbonyl (C=O) groups is 1. The second-order valence-electron chi connectivity index (χ2n) is 3.48. The van der Waals surface area contributed by atoms with E-state index in [0.717, 1.165) is 7.11 Å². The lowest BCUT2D eigenvalue weighted by molar-refractivity contribution is -0.384. The number of nitro groups is 1. The minimum Gasteiger partial charge on any atom is -0.493 e. The molecule has 2 rings (SSSR count). The van der Waals surface area contributed by atoms with Gasteiger partial charge in [0.1, 0.15) is 0 Å². The van der Waals surface area contributed by atoms with Gasteiger partial charge in [0.15, 0.2) is 5.69 Å². The average Bonchev–Trinajstić information content (AvgIpc) is 2.70. The number of benzene rings is 1. The maximum atomic E-state index is 10.8. The molecule has 0 atom stereocenters. The maximum absolute atomic E-state index is 10.8. The molecule has 19 heavy (non-hydrogen) atoms. The van der Waals surface area contributed by atoms with Crippen LogP contribution in [0.5, 0.6) is 5.88 Å². The largest absolute Gasteiger partial charge is 0.493 e. The Morgan fingerprint density at radius 3 is 2.89 bits per heavy atom. The molecule has 0 radical (unpaired) electrons. The Kier molecular flexibility index (Phi) is 3.10.